The Labute approximate surface area is 83.1 Å². The first-order valence-corrected chi connectivity index (χ1v) is 5.54. The molecule has 0 spiro atoms. The topological polar surface area (TPSA) is 43.6 Å². The SMILES string of the molecule is CC(C)CCCSc1nnnn1C. The van der Waals surface area contributed by atoms with Crippen molar-refractivity contribution in [1.82, 2.24) is 20.2 Å². The third-order valence-corrected chi connectivity index (χ3v) is 2.84. The molecule has 0 aromatic carbocycles. The number of rotatable bonds is 5. The van der Waals surface area contributed by atoms with Crippen LogP contribution < -0.4 is 0 Å². The molecule has 0 radical (unpaired) electrons. The monoisotopic (exact) mass is 200 g/mol. The van der Waals surface area contributed by atoms with Crippen molar-refractivity contribution in [2.24, 2.45) is 13.0 Å². The lowest BCUT2D eigenvalue weighted by atomic mass is 10.1. The van der Waals surface area contributed by atoms with Crippen molar-refractivity contribution in [2.45, 2.75) is 31.8 Å². The Kier molecular flexibility index (Phi) is 4.21. The molecule has 0 atom stereocenters. The molecule has 13 heavy (non-hydrogen) atoms. The van der Waals surface area contributed by atoms with Gasteiger partial charge in [0.25, 0.3) is 0 Å². The van der Waals surface area contributed by atoms with Gasteiger partial charge in [-0.15, -0.1) is 5.10 Å². The first-order chi connectivity index (χ1) is 6.20. The van der Waals surface area contributed by atoms with E-state index in [1.807, 2.05) is 7.05 Å². The lowest BCUT2D eigenvalue weighted by Gasteiger charge is -2.02. The zero-order valence-electron chi connectivity index (χ0n) is 8.40. The van der Waals surface area contributed by atoms with Crippen LogP contribution in [0, 0.1) is 5.92 Å². The van der Waals surface area contributed by atoms with Gasteiger partial charge in [0.05, 0.1) is 0 Å². The number of hydrogen-bond acceptors (Lipinski definition) is 4. The second-order valence-corrected chi connectivity index (χ2v) is 4.53. The summed E-state index contributed by atoms with van der Waals surface area (Å²) in [6.45, 7) is 4.49. The van der Waals surface area contributed by atoms with Gasteiger partial charge in [0.1, 0.15) is 0 Å². The Morgan fingerprint density at radius 1 is 1.46 bits per heavy atom. The first-order valence-electron chi connectivity index (χ1n) is 4.55. The maximum atomic E-state index is 3.90. The molecule has 1 rings (SSSR count). The Morgan fingerprint density at radius 3 is 2.77 bits per heavy atom. The average Bonchev–Trinajstić information content (AvgIpc) is 2.45. The van der Waals surface area contributed by atoms with Crippen LogP contribution in [-0.2, 0) is 7.05 Å². The van der Waals surface area contributed by atoms with Gasteiger partial charge in [-0.25, -0.2) is 4.68 Å². The summed E-state index contributed by atoms with van der Waals surface area (Å²) in [4.78, 5) is 0. The van der Waals surface area contributed by atoms with Gasteiger partial charge in [-0.2, -0.15) is 0 Å². The zero-order chi connectivity index (χ0) is 9.68. The molecule has 0 saturated heterocycles. The molecule has 0 bridgehead atoms. The summed E-state index contributed by atoms with van der Waals surface area (Å²) in [5.74, 6) is 1.89. The van der Waals surface area contributed by atoms with Crippen molar-refractivity contribution in [1.29, 1.82) is 0 Å². The number of hydrogen-bond donors (Lipinski definition) is 0. The van der Waals surface area contributed by atoms with Crippen molar-refractivity contribution in [2.75, 3.05) is 5.75 Å². The molecule has 0 aliphatic carbocycles. The molecule has 0 unspecified atom stereocenters. The number of aryl methyl sites for hydroxylation is 1. The normalized spacial score (nSPS) is 11.1. The molecule has 1 heterocycles. The average molecular weight is 200 g/mol. The smallest absolute Gasteiger partial charge is 0.209 e. The zero-order valence-corrected chi connectivity index (χ0v) is 9.21. The Hall–Kier alpha value is -0.580. The van der Waals surface area contributed by atoms with Gasteiger partial charge < -0.3 is 0 Å². The molecular formula is C8H16N4S. The number of tetrazole rings is 1. The number of nitrogens with zero attached hydrogens (tertiary/aromatic N) is 4. The van der Waals surface area contributed by atoms with Crippen molar-refractivity contribution in [3.63, 3.8) is 0 Å². The number of aromatic nitrogens is 4. The summed E-state index contributed by atoms with van der Waals surface area (Å²) < 4.78 is 1.71. The summed E-state index contributed by atoms with van der Waals surface area (Å²) in [6, 6.07) is 0. The third kappa shape index (κ3) is 3.76. The van der Waals surface area contributed by atoms with Gasteiger partial charge in [0, 0.05) is 12.8 Å². The molecule has 4 nitrogen and oxygen atoms in total. The van der Waals surface area contributed by atoms with Crippen LogP contribution in [0.25, 0.3) is 0 Å². The first kappa shape index (κ1) is 10.5. The fourth-order valence-electron chi connectivity index (χ4n) is 0.999. The molecule has 5 heteroatoms. The highest BCUT2D eigenvalue weighted by Crippen LogP contribution is 2.15. The molecule has 0 aliphatic rings. The van der Waals surface area contributed by atoms with Gasteiger partial charge >= 0.3 is 0 Å². The van der Waals surface area contributed by atoms with Crippen LogP contribution in [0.5, 0.6) is 0 Å². The van der Waals surface area contributed by atoms with Gasteiger partial charge in [0.2, 0.25) is 5.16 Å². The number of thioether (sulfide) groups is 1. The van der Waals surface area contributed by atoms with E-state index in [0.717, 1.165) is 16.8 Å². The standard InChI is InChI=1S/C8H16N4S/c1-7(2)5-4-6-13-8-9-10-11-12(8)3/h7H,4-6H2,1-3H3. The molecule has 0 amide bonds. The maximum absolute atomic E-state index is 3.90. The molecular weight excluding hydrogens is 184 g/mol. The van der Waals surface area contributed by atoms with E-state index in [1.165, 1.54) is 12.8 Å². The predicted octanol–water partition coefficient (Wildman–Crippen LogP) is 1.74. The third-order valence-electron chi connectivity index (χ3n) is 1.74. The minimum absolute atomic E-state index is 0.790. The van der Waals surface area contributed by atoms with Crippen LogP contribution in [0.15, 0.2) is 5.16 Å². The summed E-state index contributed by atoms with van der Waals surface area (Å²) >= 11 is 1.72. The molecule has 74 valence electrons. The summed E-state index contributed by atoms with van der Waals surface area (Å²) in [5.41, 5.74) is 0. The fourth-order valence-corrected chi connectivity index (χ4v) is 1.81. The molecule has 0 N–H and O–H groups in total. The quantitative estimate of drug-likeness (QED) is 0.536. The largest absolute Gasteiger partial charge is 0.224 e. The second kappa shape index (κ2) is 5.21. The molecule has 0 fully saturated rings. The van der Waals surface area contributed by atoms with E-state index in [9.17, 15) is 0 Å². The minimum Gasteiger partial charge on any atom is -0.224 e. The molecule has 1 aromatic heterocycles. The van der Waals surface area contributed by atoms with Crippen LogP contribution >= 0.6 is 11.8 Å². The van der Waals surface area contributed by atoms with Gasteiger partial charge in [-0.05, 0) is 22.8 Å². The van der Waals surface area contributed by atoms with Crippen LogP contribution in [0.4, 0.5) is 0 Å². The summed E-state index contributed by atoms with van der Waals surface area (Å²) in [5, 5.41) is 12.1. The lowest BCUT2D eigenvalue weighted by molar-refractivity contribution is 0.578. The summed E-state index contributed by atoms with van der Waals surface area (Å²) in [7, 11) is 1.87. The Morgan fingerprint density at radius 2 is 2.23 bits per heavy atom. The van der Waals surface area contributed by atoms with Gasteiger partial charge in [-0.1, -0.05) is 32.0 Å². The van der Waals surface area contributed by atoms with Crippen molar-refractivity contribution >= 4 is 11.8 Å². The van der Waals surface area contributed by atoms with E-state index in [-0.39, 0.29) is 0 Å². The molecule has 0 aliphatic heterocycles. The van der Waals surface area contributed by atoms with Crippen LogP contribution in [0.3, 0.4) is 0 Å². The van der Waals surface area contributed by atoms with Crippen LogP contribution in [0.2, 0.25) is 0 Å². The molecule has 1 aromatic rings. The highest BCUT2D eigenvalue weighted by atomic mass is 32.2. The van der Waals surface area contributed by atoms with Gasteiger partial charge in [0.15, 0.2) is 0 Å². The molecule has 0 saturated carbocycles. The van der Waals surface area contributed by atoms with Crippen molar-refractivity contribution in [3.05, 3.63) is 0 Å². The summed E-state index contributed by atoms with van der Waals surface area (Å²) in [6.07, 6.45) is 2.51. The second-order valence-electron chi connectivity index (χ2n) is 3.47. The highest BCUT2D eigenvalue weighted by molar-refractivity contribution is 7.99. The van der Waals surface area contributed by atoms with E-state index in [4.69, 9.17) is 0 Å². The Balaban J connectivity index is 2.17. The fraction of sp³-hybridized carbons (Fsp3) is 0.875. The van der Waals surface area contributed by atoms with E-state index in [2.05, 4.69) is 29.4 Å². The van der Waals surface area contributed by atoms with E-state index < -0.39 is 0 Å². The Bertz CT molecular complexity index is 246. The lowest BCUT2D eigenvalue weighted by Crippen LogP contribution is -1.94. The maximum Gasteiger partial charge on any atom is 0.209 e. The van der Waals surface area contributed by atoms with E-state index in [1.54, 1.807) is 16.4 Å². The van der Waals surface area contributed by atoms with Crippen LogP contribution in [0.1, 0.15) is 26.7 Å². The predicted molar refractivity (Wildman–Crippen MR) is 53.6 cm³/mol. The van der Waals surface area contributed by atoms with E-state index in [0.29, 0.717) is 0 Å². The van der Waals surface area contributed by atoms with Crippen LogP contribution in [-0.4, -0.2) is 26.0 Å². The van der Waals surface area contributed by atoms with E-state index >= 15 is 0 Å². The highest BCUT2D eigenvalue weighted by Gasteiger charge is 2.02. The minimum atomic E-state index is 0.790. The van der Waals surface area contributed by atoms with Crippen molar-refractivity contribution < 1.29 is 0 Å². The van der Waals surface area contributed by atoms with Crippen molar-refractivity contribution in [3.8, 4) is 0 Å². The van der Waals surface area contributed by atoms with Gasteiger partial charge in [-0.3, -0.25) is 0 Å².